The summed E-state index contributed by atoms with van der Waals surface area (Å²) in [7, 11) is 1.60. The number of hydrogen-bond acceptors (Lipinski definition) is 3. The molecule has 0 aromatic heterocycles. The molecule has 94 valence electrons. The van der Waals surface area contributed by atoms with Crippen molar-refractivity contribution < 1.29 is 9.53 Å². The van der Waals surface area contributed by atoms with Crippen molar-refractivity contribution in [2.75, 3.05) is 7.11 Å². The fourth-order valence-corrected chi connectivity index (χ4v) is 1.90. The van der Waals surface area contributed by atoms with Gasteiger partial charge in [-0.05, 0) is 25.8 Å². The van der Waals surface area contributed by atoms with Gasteiger partial charge in [0, 0.05) is 12.1 Å². The Bertz CT molecular complexity index is 513. The van der Waals surface area contributed by atoms with Crippen molar-refractivity contribution >= 4 is 5.91 Å². The maximum Gasteiger partial charge on any atom is 0.240 e. The van der Waals surface area contributed by atoms with Crippen LogP contribution in [0.1, 0.15) is 24.0 Å². The highest BCUT2D eigenvalue weighted by molar-refractivity contribution is 5.88. The van der Waals surface area contributed by atoms with E-state index in [9.17, 15) is 4.79 Å². The van der Waals surface area contributed by atoms with Gasteiger partial charge >= 0.3 is 0 Å². The molecule has 4 heteroatoms. The maximum atomic E-state index is 11.8. The number of benzene rings is 1. The van der Waals surface area contributed by atoms with Crippen LogP contribution in [0.25, 0.3) is 0 Å². The highest BCUT2D eigenvalue weighted by Crippen LogP contribution is 2.45. The molecule has 1 fully saturated rings. The molecule has 1 amide bonds. The minimum absolute atomic E-state index is 0.173. The fraction of sp³-hybridized carbons (Fsp3) is 0.429. The van der Waals surface area contributed by atoms with Crippen molar-refractivity contribution in [3.63, 3.8) is 0 Å². The van der Waals surface area contributed by atoms with Crippen molar-refractivity contribution in [1.82, 2.24) is 5.32 Å². The summed E-state index contributed by atoms with van der Waals surface area (Å²) in [5.74, 6) is 0.580. The lowest BCUT2D eigenvalue weighted by atomic mass is 10.1. The van der Waals surface area contributed by atoms with Crippen LogP contribution in [0.3, 0.4) is 0 Å². The van der Waals surface area contributed by atoms with Crippen molar-refractivity contribution in [3.8, 4) is 11.8 Å². The third-order valence-corrected chi connectivity index (χ3v) is 3.27. The first-order valence-electron chi connectivity index (χ1n) is 5.94. The molecular formula is C14H16N2O2. The lowest BCUT2D eigenvalue weighted by Crippen LogP contribution is -2.30. The van der Waals surface area contributed by atoms with E-state index >= 15 is 0 Å². The number of carbonyl (C=O) groups is 1. The highest BCUT2D eigenvalue weighted by atomic mass is 16.5. The number of amides is 1. The number of rotatable bonds is 4. The highest BCUT2D eigenvalue weighted by Gasteiger charge is 2.50. The average molecular weight is 244 g/mol. The van der Waals surface area contributed by atoms with E-state index in [0.717, 1.165) is 16.9 Å². The third kappa shape index (κ3) is 2.30. The molecule has 0 spiro atoms. The maximum absolute atomic E-state index is 11.8. The number of nitriles is 1. The summed E-state index contributed by atoms with van der Waals surface area (Å²) in [6.07, 6.45) is 1.33. The van der Waals surface area contributed by atoms with Gasteiger partial charge in [-0.15, -0.1) is 0 Å². The number of hydrogen-bond donors (Lipinski definition) is 1. The van der Waals surface area contributed by atoms with Gasteiger partial charge in [0.25, 0.3) is 0 Å². The molecule has 4 nitrogen and oxygen atoms in total. The van der Waals surface area contributed by atoms with Gasteiger partial charge < -0.3 is 10.1 Å². The van der Waals surface area contributed by atoms with Gasteiger partial charge in [0.2, 0.25) is 5.91 Å². The number of methoxy groups -OCH3 is 1. The lowest BCUT2D eigenvalue weighted by molar-refractivity contribution is -0.124. The first kappa shape index (κ1) is 12.4. The van der Waals surface area contributed by atoms with E-state index in [0.29, 0.717) is 19.4 Å². The zero-order valence-electron chi connectivity index (χ0n) is 10.6. The van der Waals surface area contributed by atoms with Gasteiger partial charge in [0.15, 0.2) is 0 Å². The molecule has 1 aromatic carbocycles. The molecule has 0 aliphatic heterocycles. The molecule has 1 saturated carbocycles. The van der Waals surface area contributed by atoms with Crippen LogP contribution in [0.15, 0.2) is 18.2 Å². The molecule has 1 N–H and O–H groups in total. The molecule has 0 unspecified atom stereocenters. The number of carbonyl (C=O) groups excluding carboxylic acids is 1. The summed E-state index contributed by atoms with van der Waals surface area (Å²) >= 11 is 0. The Hall–Kier alpha value is -2.02. The lowest BCUT2D eigenvalue weighted by Gasteiger charge is -2.12. The number of nitrogens with one attached hydrogen (secondary N) is 1. The van der Waals surface area contributed by atoms with Crippen LogP contribution < -0.4 is 10.1 Å². The van der Waals surface area contributed by atoms with Crippen LogP contribution in [0, 0.1) is 23.7 Å². The number of nitrogens with zero attached hydrogens (tertiary/aromatic N) is 1. The summed E-state index contributed by atoms with van der Waals surface area (Å²) in [6.45, 7) is 2.38. The van der Waals surface area contributed by atoms with Gasteiger partial charge in [-0.3, -0.25) is 4.79 Å². The molecular weight excluding hydrogens is 228 g/mol. The molecule has 0 radical (unpaired) electrons. The zero-order valence-corrected chi connectivity index (χ0v) is 10.6. The minimum Gasteiger partial charge on any atom is -0.496 e. The molecule has 1 aliphatic rings. The van der Waals surface area contributed by atoms with E-state index in [-0.39, 0.29) is 5.91 Å². The van der Waals surface area contributed by atoms with E-state index in [4.69, 9.17) is 10.00 Å². The second-order valence-corrected chi connectivity index (χ2v) is 4.69. The second-order valence-electron chi connectivity index (χ2n) is 4.69. The summed E-state index contributed by atoms with van der Waals surface area (Å²) < 4.78 is 5.24. The Labute approximate surface area is 107 Å². The van der Waals surface area contributed by atoms with Gasteiger partial charge in [-0.2, -0.15) is 5.26 Å². The molecule has 2 rings (SSSR count). The monoisotopic (exact) mass is 244 g/mol. The molecule has 0 heterocycles. The third-order valence-electron chi connectivity index (χ3n) is 3.27. The minimum atomic E-state index is -0.767. The van der Waals surface area contributed by atoms with Gasteiger partial charge in [0.1, 0.15) is 11.2 Å². The van der Waals surface area contributed by atoms with Crippen LogP contribution in [0.2, 0.25) is 0 Å². The number of ether oxygens (including phenoxy) is 1. The quantitative estimate of drug-likeness (QED) is 0.880. The summed E-state index contributed by atoms with van der Waals surface area (Å²) in [4.78, 5) is 11.8. The summed E-state index contributed by atoms with van der Waals surface area (Å²) in [6, 6.07) is 7.91. The normalized spacial score (nSPS) is 15.6. The van der Waals surface area contributed by atoms with Crippen molar-refractivity contribution in [2.24, 2.45) is 5.41 Å². The van der Waals surface area contributed by atoms with Crippen molar-refractivity contribution in [3.05, 3.63) is 29.3 Å². The van der Waals surface area contributed by atoms with Gasteiger partial charge in [-0.25, -0.2) is 0 Å². The second kappa shape index (κ2) is 4.69. The van der Waals surface area contributed by atoms with E-state index in [1.54, 1.807) is 7.11 Å². The predicted molar refractivity (Wildman–Crippen MR) is 66.9 cm³/mol. The molecule has 0 atom stereocenters. The van der Waals surface area contributed by atoms with E-state index in [2.05, 4.69) is 11.4 Å². The van der Waals surface area contributed by atoms with Crippen LogP contribution in [-0.4, -0.2) is 13.0 Å². The van der Waals surface area contributed by atoms with Crippen LogP contribution in [0.5, 0.6) is 5.75 Å². The molecule has 0 saturated heterocycles. The predicted octanol–water partition coefficient (Wildman–Crippen LogP) is 1.92. The largest absolute Gasteiger partial charge is 0.496 e. The first-order chi connectivity index (χ1) is 8.61. The molecule has 0 bridgehead atoms. The molecule has 18 heavy (non-hydrogen) atoms. The number of aryl methyl sites for hydroxylation is 1. The van der Waals surface area contributed by atoms with Gasteiger partial charge in [0.05, 0.1) is 13.2 Å². The van der Waals surface area contributed by atoms with Crippen molar-refractivity contribution in [2.45, 2.75) is 26.3 Å². The SMILES string of the molecule is COc1ccc(C)cc1CNC(=O)C1(C#N)CC1. The van der Waals surface area contributed by atoms with Gasteiger partial charge in [-0.1, -0.05) is 17.7 Å². The summed E-state index contributed by atoms with van der Waals surface area (Å²) in [5, 5.41) is 11.7. The van der Waals surface area contributed by atoms with Crippen molar-refractivity contribution in [1.29, 1.82) is 5.26 Å². The Morgan fingerprint density at radius 3 is 2.83 bits per heavy atom. The molecule has 1 aromatic rings. The molecule has 1 aliphatic carbocycles. The average Bonchev–Trinajstić information content (AvgIpc) is 3.17. The smallest absolute Gasteiger partial charge is 0.240 e. The Morgan fingerprint density at radius 1 is 1.56 bits per heavy atom. The Morgan fingerprint density at radius 2 is 2.28 bits per heavy atom. The Kier molecular flexibility index (Phi) is 3.24. The summed E-state index contributed by atoms with van der Waals surface area (Å²) in [5.41, 5.74) is 1.28. The van der Waals surface area contributed by atoms with E-state index in [1.165, 1.54) is 0 Å². The van der Waals surface area contributed by atoms with Crippen LogP contribution in [0.4, 0.5) is 0 Å². The topological polar surface area (TPSA) is 62.1 Å². The first-order valence-corrected chi connectivity index (χ1v) is 5.94. The zero-order chi connectivity index (χ0) is 13.2. The standard InChI is InChI=1S/C14H16N2O2/c1-10-3-4-12(18-2)11(7-10)8-16-13(17)14(9-15)5-6-14/h3-4,7H,5-6,8H2,1-2H3,(H,16,17). The fourth-order valence-electron chi connectivity index (χ4n) is 1.90. The van der Waals surface area contributed by atoms with Crippen LogP contribution in [-0.2, 0) is 11.3 Å². The Balaban J connectivity index is 2.04. The van der Waals surface area contributed by atoms with E-state index < -0.39 is 5.41 Å². The van der Waals surface area contributed by atoms with E-state index in [1.807, 2.05) is 25.1 Å². The van der Waals surface area contributed by atoms with Crippen LogP contribution >= 0.6 is 0 Å².